The molecule has 1 unspecified atom stereocenters. The van der Waals surface area contributed by atoms with Gasteiger partial charge in [0.05, 0.1) is 18.0 Å². The Bertz CT molecular complexity index is 765. The summed E-state index contributed by atoms with van der Waals surface area (Å²) in [6.45, 7) is 0. The van der Waals surface area contributed by atoms with Crippen molar-refractivity contribution in [2.45, 2.75) is 42.5 Å². The Morgan fingerprint density at radius 2 is 1.67 bits per heavy atom. The van der Waals surface area contributed by atoms with E-state index in [-0.39, 0.29) is 36.2 Å². The van der Waals surface area contributed by atoms with Gasteiger partial charge >= 0.3 is 12.0 Å². The SMILES string of the molecule is O=C1N[C@H]2[C@H](CS[C@H]2CCCC(C(=O)O)c2c(F)c(F)c(F)c(F)c2F)N1. The first-order valence-electron chi connectivity index (χ1n) is 8.15. The van der Waals surface area contributed by atoms with Gasteiger partial charge in [-0.3, -0.25) is 4.79 Å². The van der Waals surface area contributed by atoms with Crippen molar-refractivity contribution in [3.8, 4) is 0 Å². The Hall–Kier alpha value is -2.04. The van der Waals surface area contributed by atoms with Crippen molar-refractivity contribution < 1.29 is 36.6 Å². The van der Waals surface area contributed by atoms with Crippen LogP contribution >= 0.6 is 11.8 Å². The van der Waals surface area contributed by atoms with E-state index in [2.05, 4.69) is 10.6 Å². The van der Waals surface area contributed by atoms with E-state index in [1.165, 1.54) is 0 Å². The zero-order valence-corrected chi connectivity index (χ0v) is 14.5. The molecule has 2 heterocycles. The fourth-order valence-electron chi connectivity index (χ4n) is 3.49. The number of carbonyl (C=O) groups is 2. The highest BCUT2D eigenvalue weighted by Crippen LogP contribution is 2.36. The number of halogens is 5. The molecule has 0 spiro atoms. The van der Waals surface area contributed by atoms with Gasteiger partial charge in [-0.15, -0.1) is 0 Å². The number of amides is 2. The first-order valence-corrected chi connectivity index (χ1v) is 9.20. The van der Waals surface area contributed by atoms with E-state index in [1.54, 1.807) is 11.8 Å². The van der Waals surface area contributed by atoms with Crippen LogP contribution in [0.2, 0.25) is 0 Å². The molecule has 0 aromatic heterocycles. The maximum absolute atomic E-state index is 13.9. The number of urea groups is 1. The van der Waals surface area contributed by atoms with Crippen molar-refractivity contribution in [1.29, 1.82) is 0 Å². The number of carboxylic acid groups (broad SMARTS) is 1. The lowest BCUT2D eigenvalue weighted by molar-refractivity contribution is -0.139. The summed E-state index contributed by atoms with van der Waals surface area (Å²) >= 11 is 1.56. The van der Waals surface area contributed by atoms with Gasteiger partial charge in [0.2, 0.25) is 5.82 Å². The summed E-state index contributed by atoms with van der Waals surface area (Å²) < 4.78 is 67.7. The molecule has 1 aromatic rings. The second-order valence-corrected chi connectivity index (χ2v) is 7.70. The molecule has 27 heavy (non-hydrogen) atoms. The average molecular weight is 410 g/mol. The number of aliphatic carboxylic acids is 1. The minimum absolute atomic E-state index is 0.0280. The molecule has 11 heteroatoms. The molecule has 2 aliphatic rings. The number of benzene rings is 1. The van der Waals surface area contributed by atoms with Crippen LogP contribution in [0.15, 0.2) is 0 Å². The van der Waals surface area contributed by atoms with Crippen LogP contribution < -0.4 is 10.6 Å². The van der Waals surface area contributed by atoms with Gasteiger partial charge in [-0.2, -0.15) is 11.8 Å². The monoisotopic (exact) mass is 410 g/mol. The number of rotatable bonds is 6. The van der Waals surface area contributed by atoms with E-state index in [0.29, 0.717) is 12.2 Å². The third kappa shape index (κ3) is 3.56. The largest absolute Gasteiger partial charge is 0.481 e. The summed E-state index contributed by atoms with van der Waals surface area (Å²) in [5.74, 6) is -13.8. The molecule has 0 radical (unpaired) electrons. The average Bonchev–Trinajstić information content (AvgIpc) is 3.16. The highest BCUT2D eigenvalue weighted by atomic mass is 32.2. The van der Waals surface area contributed by atoms with E-state index in [4.69, 9.17) is 0 Å². The highest BCUT2D eigenvalue weighted by molar-refractivity contribution is 8.00. The zero-order chi connectivity index (χ0) is 19.9. The van der Waals surface area contributed by atoms with Crippen molar-refractivity contribution in [2.24, 2.45) is 0 Å². The van der Waals surface area contributed by atoms with Crippen LogP contribution in [0.1, 0.15) is 30.7 Å². The fourth-order valence-corrected chi connectivity index (χ4v) is 5.03. The van der Waals surface area contributed by atoms with Gasteiger partial charge in [0.1, 0.15) is 0 Å². The van der Waals surface area contributed by atoms with E-state index in [9.17, 15) is 36.6 Å². The van der Waals surface area contributed by atoms with Gasteiger partial charge < -0.3 is 15.7 Å². The molecule has 2 fully saturated rings. The Morgan fingerprint density at radius 1 is 1.07 bits per heavy atom. The van der Waals surface area contributed by atoms with Crippen molar-refractivity contribution in [1.82, 2.24) is 10.6 Å². The van der Waals surface area contributed by atoms with Gasteiger partial charge in [0.25, 0.3) is 0 Å². The van der Waals surface area contributed by atoms with Crippen LogP contribution in [-0.2, 0) is 4.79 Å². The third-order valence-electron chi connectivity index (χ3n) is 4.81. The summed E-state index contributed by atoms with van der Waals surface area (Å²) in [5, 5.41) is 14.7. The van der Waals surface area contributed by atoms with Crippen LogP contribution in [0.4, 0.5) is 26.7 Å². The van der Waals surface area contributed by atoms with Crippen molar-refractivity contribution in [2.75, 3.05) is 5.75 Å². The molecule has 148 valence electrons. The van der Waals surface area contributed by atoms with Gasteiger partial charge in [0.15, 0.2) is 23.3 Å². The molecule has 4 atom stereocenters. The minimum Gasteiger partial charge on any atom is -0.481 e. The molecule has 1 aromatic carbocycles. The molecule has 3 rings (SSSR count). The van der Waals surface area contributed by atoms with Gasteiger partial charge in [0, 0.05) is 16.6 Å². The predicted molar refractivity (Wildman–Crippen MR) is 85.9 cm³/mol. The molecular weight excluding hydrogens is 395 g/mol. The summed E-state index contributed by atoms with van der Waals surface area (Å²) in [6.07, 6.45) is 0.295. The number of fused-ring (bicyclic) bond motifs is 1. The van der Waals surface area contributed by atoms with Crippen LogP contribution in [0.25, 0.3) is 0 Å². The van der Waals surface area contributed by atoms with Crippen LogP contribution in [-0.4, -0.2) is 40.2 Å². The molecule has 0 aliphatic carbocycles. The standard InChI is InChI=1S/C16H15F5N2O3S/c17-9-8(10(18)12(20)13(21)11(9)19)5(15(24)25)2-1-3-7-14-6(4-27-7)22-16(26)23-14/h5-7,14H,1-4H2,(H,24,25)(H2,22,23,26)/t5?,6-,7-,14-/m0/s1. The molecule has 2 aliphatic heterocycles. The van der Waals surface area contributed by atoms with Crippen LogP contribution in [0.3, 0.4) is 0 Å². The van der Waals surface area contributed by atoms with E-state index >= 15 is 0 Å². The van der Waals surface area contributed by atoms with Crippen molar-refractivity contribution >= 4 is 23.8 Å². The van der Waals surface area contributed by atoms with Crippen LogP contribution in [0.5, 0.6) is 0 Å². The third-order valence-corrected chi connectivity index (χ3v) is 6.32. The van der Waals surface area contributed by atoms with E-state index in [1.807, 2.05) is 0 Å². The minimum atomic E-state index is -2.32. The number of carboxylic acids is 1. The lowest BCUT2D eigenvalue weighted by atomic mass is 9.91. The van der Waals surface area contributed by atoms with Crippen molar-refractivity contribution in [3.63, 3.8) is 0 Å². The van der Waals surface area contributed by atoms with Crippen molar-refractivity contribution in [3.05, 3.63) is 34.6 Å². The molecule has 0 saturated carbocycles. The topological polar surface area (TPSA) is 78.4 Å². The van der Waals surface area contributed by atoms with Crippen LogP contribution in [0, 0.1) is 29.1 Å². The summed E-state index contributed by atoms with van der Waals surface area (Å²) in [7, 11) is 0. The molecule has 5 nitrogen and oxygen atoms in total. The highest BCUT2D eigenvalue weighted by Gasteiger charge is 2.43. The summed E-state index contributed by atoms with van der Waals surface area (Å²) in [5.41, 5.74) is -1.33. The predicted octanol–water partition coefficient (Wildman–Crippen LogP) is 2.89. The fraction of sp³-hybridized carbons (Fsp3) is 0.500. The Kier molecular flexibility index (Phi) is 5.50. The maximum atomic E-state index is 13.9. The smallest absolute Gasteiger partial charge is 0.315 e. The molecule has 2 amide bonds. The number of nitrogens with one attached hydrogen (secondary N) is 2. The second kappa shape index (κ2) is 7.53. The molecule has 3 N–H and O–H groups in total. The lowest BCUT2D eigenvalue weighted by Crippen LogP contribution is -2.36. The lowest BCUT2D eigenvalue weighted by Gasteiger charge is -2.19. The molecule has 0 bridgehead atoms. The maximum Gasteiger partial charge on any atom is 0.315 e. The Labute approximate surface area is 154 Å². The van der Waals surface area contributed by atoms with E-state index < -0.39 is 46.5 Å². The quantitative estimate of drug-likeness (QED) is 0.292. The van der Waals surface area contributed by atoms with Gasteiger partial charge in [-0.1, -0.05) is 6.42 Å². The number of hydrogen-bond donors (Lipinski definition) is 3. The van der Waals surface area contributed by atoms with Gasteiger partial charge in [-0.25, -0.2) is 26.7 Å². The normalized spacial score (nSPS) is 25.1. The number of hydrogen-bond acceptors (Lipinski definition) is 3. The Balaban J connectivity index is 1.73. The molecular formula is C16H15F5N2O3S. The number of thioether (sulfide) groups is 1. The summed E-state index contributed by atoms with van der Waals surface area (Å²) in [4.78, 5) is 22.8. The molecule has 2 saturated heterocycles. The first kappa shape index (κ1) is 19.7. The Morgan fingerprint density at radius 3 is 2.26 bits per heavy atom. The number of carbonyl (C=O) groups excluding carboxylic acids is 1. The van der Waals surface area contributed by atoms with Gasteiger partial charge in [-0.05, 0) is 12.8 Å². The summed E-state index contributed by atoms with van der Waals surface area (Å²) in [6, 6.07) is -0.474. The second-order valence-electron chi connectivity index (χ2n) is 6.43. The van der Waals surface area contributed by atoms with E-state index in [0.717, 1.165) is 0 Å². The zero-order valence-electron chi connectivity index (χ0n) is 13.7. The first-order chi connectivity index (χ1) is 12.7.